The summed E-state index contributed by atoms with van der Waals surface area (Å²) in [5, 5.41) is 12.5. The smallest absolute Gasteiger partial charge is 0.407 e. The number of carboxylic acid groups (broad SMARTS) is 1. The first-order valence-electron chi connectivity index (χ1n) is 15.8. The van der Waals surface area contributed by atoms with Gasteiger partial charge in [-0.25, -0.2) is 4.79 Å². The topological polar surface area (TPSA) is 116 Å². The molecule has 3 aromatic rings. The number of carbonyl (C=O) groups is 2. The molecule has 0 radical (unpaired) electrons. The van der Waals surface area contributed by atoms with E-state index < -0.39 is 6.09 Å². The molecule has 2 unspecified atom stereocenters. The summed E-state index contributed by atoms with van der Waals surface area (Å²) >= 11 is 0. The molecular weight excluding hydrogens is 588 g/mol. The molecular formula is C36H46N2O8. The van der Waals surface area contributed by atoms with Gasteiger partial charge in [0, 0.05) is 37.9 Å². The molecule has 0 saturated carbocycles. The molecule has 1 aliphatic rings. The third-order valence-corrected chi connectivity index (χ3v) is 8.08. The van der Waals surface area contributed by atoms with Crippen molar-refractivity contribution in [3.8, 4) is 17.2 Å². The van der Waals surface area contributed by atoms with Crippen molar-refractivity contribution < 1.29 is 38.4 Å². The number of rotatable bonds is 17. The number of piperidine rings is 1. The van der Waals surface area contributed by atoms with Gasteiger partial charge in [0.1, 0.15) is 23.9 Å². The van der Waals surface area contributed by atoms with Crippen LogP contribution in [0, 0.1) is 6.92 Å². The third kappa shape index (κ3) is 10.4. The Morgan fingerprint density at radius 1 is 0.935 bits per heavy atom. The zero-order valence-electron chi connectivity index (χ0n) is 27.0. The van der Waals surface area contributed by atoms with Crippen molar-refractivity contribution >= 4 is 12.0 Å². The van der Waals surface area contributed by atoms with Gasteiger partial charge in [-0.3, -0.25) is 4.79 Å². The van der Waals surface area contributed by atoms with Crippen LogP contribution in [0.4, 0.5) is 4.79 Å². The van der Waals surface area contributed by atoms with Crippen LogP contribution in [0.5, 0.6) is 17.2 Å². The molecule has 46 heavy (non-hydrogen) atoms. The van der Waals surface area contributed by atoms with Crippen LogP contribution in [0.1, 0.15) is 47.9 Å². The van der Waals surface area contributed by atoms with Crippen LogP contribution in [-0.2, 0) is 27.3 Å². The normalized spacial score (nSPS) is 16.1. The van der Waals surface area contributed by atoms with Crippen molar-refractivity contribution in [3.63, 3.8) is 0 Å². The van der Waals surface area contributed by atoms with Gasteiger partial charge in [-0.1, -0.05) is 42.5 Å². The second-order valence-corrected chi connectivity index (χ2v) is 11.3. The molecule has 2 atom stereocenters. The molecule has 1 aliphatic heterocycles. The molecule has 1 heterocycles. The zero-order chi connectivity index (χ0) is 32.7. The van der Waals surface area contributed by atoms with E-state index in [1.165, 1.54) is 11.8 Å². The lowest BCUT2D eigenvalue weighted by atomic mass is 9.87. The number of likely N-dealkylation sites (tertiary alicyclic amines) is 1. The predicted octanol–water partition coefficient (Wildman–Crippen LogP) is 5.60. The Morgan fingerprint density at radius 2 is 1.72 bits per heavy atom. The highest BCUT2D eigenvalue weighted by molar-refractivity contribution is 5.72. The first kappa shape index (κ1) is 34.6. The number of aryl methyl sites for hydroxylation is 1. The molecule has 4 rings (SSSR count). The monoisotopic (exact) mass is 634 g/mol. The highest BCUT2D eigenvalue weighted by atomic mass is 16.5. The minimum absolute atomic E-state index is 0.0419. The van der Waals surface area contributed by atoms with Crippen LogP contribution in [0.15, 0.2) is 66.7 Å². The van der Waals surface area contributed by atoms with E-state index >= 15 is 0 Å². The Bertz CT molecular complexity index is 1400. The molecule has 0 aromatic heterocycles. The molecule has 10 heteroatoms. The third-order valence-electron chi connectivity index (χ3n) is 8.08. The number of benzene rings is 3. The fourth-order valence-electron chi connectivity index (χ4n) is 5.65. The van der Waals surface area contributed by atoms with Crippen LogP contribution in [0.25, 0.3) is 0 Å². The minimum Gasteiger partial charge on any atom is -0.496 e. The molecule has 1 fully saturated rings. The highest BCUT2D eigenvalue weighted by Gasteiger charge is 2.33. The number of carbonyl (C=O) groups excluding carboxylic acids is 1. The van der Waals surface area contributed by atoms with Gasteiger partial charge in [0.05, 0.1) is 46.2 Å². The van der Waals surface area contributed by atoms with Crippen LogP contribution in [-0.4, -0.2) is 81.3 Å². The van der Waals surface area contributed by atoms with E-state index in [9.17, 15) is 14.7 Å². The molecule has 1 saturated heterocycles. The van der Waals surface area contributed by atoms with Crippen LogP contribution < -0.4 is 19.5 Å². The summed E-state index contributed by atoms with van der Waals surface area (Å²) in [7, 11) is 1.65. The maximum atomic E-state index is 11.8. The van der Waals surface area contributed by atoms with Gasteiger partial charge in [-0.15, -0.1) is 0 Å². The maximum Gasteiger partial charge on any atom is 0.407 e. The average molecular weight is 635 g/mol. The first-order valence-corrected chi connectivity index (χ1v) is 15.8. The number of nitrogens with one attached hydrogen (secondary N) is 1. The van der Waals surface area contributed by atoms with E-state index in [2.05, 4.69) is 5.32 Å². The summed E-state index contributed by atoms with van der Waals surface area (Å²) in [5.74, 6) is 2.34. The summed E-state index contributed by atoms with van der Waals surface area (Å²) in [6, 6.07) is 21.7. The highest BCUT2D eigenvalue weighted by Crippen LogP contribution is 2.32. The fourth-order valence-corrected chi connectivity index (χ4v) is 5.65. The SMILES string of the molecule is COc1ccccc1COCCCOc1ccc(C2CCN(C(=O)O)CC2OCCOc2cccc(C)c2CCNC(C)=O)cc1. The van der Waals surface area contributed by atoms with Crippen molar-refractivity contribution in [1.82, 2.24) is 10.2 Å². The van der Waals surface area contributed by atoms with Crippen LogP contribution >= 0.6 is 0 Å². The van der Waals surface area contributed by atoms with Crippen molar-refractivity contribution in [2.24, 2.45) is 0 Å². The fraction of sp³-hybridized carbons (Fsp3) is 0.444. The lowest BCUT2D eigenvalue weighted by molar-refractivity contribution is -0.118. The van der Waals surface area contributed by atoms with Gasteiger partial charge >= 0.3 is 6.09 Å². The number of hydrogen-bond donors (Lipinski definition) is 2. The molecule has 3 aromatic carbocycles. The number of ether oxygens (including phenoxy) is 5. The molecule has 10 nitrogen and oxygen atoms in total. The van der Waals surface area contributed by atoms with Gasteiger partial charge in [0.2, 0.25) is 5.91 Å². The number of methoxy groups -OCH3 is 1. The molecule has 248 valence electrons. The van der Waals surface area contributed by atoms with Gasteiger partial charge in [-0.2, -0.15) is 0 Å². The quantitative estimate of drug-likeness (QED) is 0.185. The lowest BCUT2D eigenvalue weighted by Crippen LogP contribution is -2.46. The van der Waals surface area contributed by atoms with E-state index in [1.807, 2.05) is 73.7 Å². The van der Waals surface area contributed by atoms with Gasteiger partial charge in [-0.05, 0) is 60.7 Å². The first-order chi connectivity index (χ1) is 22.4. The minimum atomic E-state index is -0.942. The van der Waals surface area contributed by atoms with Crippen molar-refractivity contribution in [3.05, 3.63) is 89.0 Å². The Hall–Kier alpha value is -4.28. The summed E-state index contributed by atoms with van der Waals surface area (Å²) in [4.78, 5) is 24.5. The molecule has 0 spiro atoms. The number of para-hydroxylation sites is 1. The second-order valence-electron chi connectivity index (χ2n) is 11.3. The van der Waals surface area contributed by atoms with E-state index in [4.69, 9.17) is 23.7 Å². The molecule has 2 N–H and O–H groups in total. The lowest BCUT2D eigenvalue weighted by Gasteiger charge is -2.37. The second kappa shape index (κ2) is 18.0. The Morgan fingerprint density at radius 3 is 2.48 bits per heavy atom. The summed E-state index contributed by atoms with van der Waals surface area (Å²) in [5.41, 5.74) is 4.24. The van der Waals surface area contributed by atoms with E-state index in [0.717, 1.165) is 45.9 Å². The van der Waals surface area contributed by atoms with Gasteiger partial charge in [0.25, 0.3) is 0 Å². The maximum absolute atomic E-state index is 11.8. The molecule has 0 aliphatic carbocycles. The van der Waals surface area contributed by atoms with Gasteiger partial charge in [0.15, 0.2) is 0 Å². The summed E-state index contributed by atoms with van der Waals surface area (Å²) < 4.78 is 29.5. The van der Waals surface area contributed by atoms with Gasteiger partial charge < -0.3 is 39.0 Å². The Labute approximate surface area is 271 Å². The summed E-state index contributed by atoms with van der Waals surface area (Å²) in [6.07, 6.45) is 0.826. The van der Waals surface area contributed by atoms with E-state index in [0.29, 0.717) is 65.5 Å². The predicted molar refractivity (Wildman–Crippen MR) is 175 cm³/mol. The number of hydrogen-bond acceptors (Lipinski definition) is 7. The molecule has 2 amide bonds. The Balaban J connectivity index is 1.25. The average Bonchev–Trinajstić information content (AvgIpc) is 3.06. The van der Waals surface area contributed by atoms with Crippen molar-refractivity contribution in [2.45, 2.75) is 51.7 Å². The number of nitrogens with zero attached hydrogens (tertiary/aromatic N) is 1. The van der Waals surface area contributed by atoms with E-state index in [1.54, 1.807) is 7.11 Å². The van der Waals surface area contributed by atoms with Crippen molar-refractivity contribution in [2.75, 3.05) is 53.2 Å². The molecule has 0 bridgehead atoms. The van der Waals surface area contributed by atoms with Crippen LogP contribution in [0.3, 0.4) is 0 Å². The van der Waals surface area contributed by atoms with E-state index in [-0.39, 0.29) is 17.9 Å². The van der Waals surface area contributed by atoms with Crippen LogP contribution in [0.2, 0.25) is 0 Å². The number of amides is 2. The largest absolute Gasteiger partial charge is 0.496 e. The van der Waals surface area contributed by atoms with Crippen molar-refractivity contribution in [1.29, 1.82) is 0 Å². The summed E-state index contributed by atoms with van der Waals surface area (Å²) in [6.45, 7) is 7.03. The Kier molecular flexibility index (Phi) is 13.5. The zero-order valence-corrected chi connectivity index (χ0v) is 27.0. The standard InChI is InChI=1S/C36H46N2O8/c1-26-8-6-11-34(31(26)16-18-37-27(2)39)45-22-23-46-35-24-38(36(40)41)19-17-32(35)28-12-14-30(15-13-28)44-21-7-20-43-25-29-9-4-5-10-33(29)42-3/h4-6,8-15,32,35H,7,16-25H2,1-3H3,(H,37,39)(H,40,41).